The number of benzene rings is 1. The highest BCUT2D eigenvalue weighted by Gasteiger charge is 2.46. The van der Waals surface area contributed by atoms with E-state index in [1.807, 2.05) is 0 Å². The summed E-state index contributed by atoms with van der Waals surface area (Å²) in [6.45, 7) is -1.65. The molecule has 0 amide bonds. The number of ether oxygens (including phenoxy) is 2. The molecule has 2 rings (SSSR count). The number of nitrogens with one attached hydrogen (secondary N) is 1. The molecule has 1 heterocycles. The Morgan fingerprint density at radius 2 is 1.59 bits per heavy atom. The van der Waals surface area contributed by atoms with Crippen LogP contribution in [0.5, 0.6) is 0 Å². The summed E-state index contributed by atoms with van der Waals surface area (Å²) in [4.78, 5) is 0. The smallest absolute Gasteiger partial charge is 0.187 e. The summed E-state index contributed by atoms with van der Waals surface area (Å²) in [5, 5.41) is 81.8. The van der Waals surface area contributed by atoms with E-state index in [9.17, 15) is 40.9 Å². The molecule has 1 aromatic carbocycles. The Labute approximate surface area is 167 Å². The van der Waals surface area contributed by atoms with Crippen LogP contribution in [0.15, 0.2) is 30.3 Å². The summed E-state index contributed by atoms with van der Waals surface area (Å²) in [5.41, 5.74) is 0.674. The Balaban J connectivity index is 2.05. The first kappa shape index (κ1) is 23.9. The van der Waals surface area contributed by atoms with Crippen molar-refractivity contribution in [1.29, 1.82) is 0 Å². The van der Waals surface area contributed by atoms with Gasteiger partial charge in [0, 0.05) is 12.2 Å². The highest BCUT2D eigenvalue weighted by Crippen LogP contribution is 2.25. The molecule has 166 valence electrons. The first-order valence-electron chi connectivity index (χ1n) is 9.20. The fourth-order valence-electron chi connectivity index (χ4n) is 2.96. The maximum Gasteiger partial charge on any atom is 0.187 e. The molecule has 1 aromatic rings. The van der Waals surface area contributed by atoms with Gasteiger partial charge in [-0.15, -0.1) is 0 Å². The predicted molar refractivity (Wildman–Crippen MR) is 98.7 cm³/mol. The lowest BCUT2D eigenvalue weighted by Gasteiger charge is -2.42. The van der Waals surface area contributed by atoms with E-state index in [1.54, 1.807) is 30.3 Å². The van der Waals surface area contributed by atoms with E-state index in [4.69, 9.17) is 9.47 Å². The summed E-state index contributed by atoms with van der Waals surface area (Å²) in [5.74, 6) is 0. The van der Waals surface area contributed by atoms with E-state index in [1.165, 1.54) is 0 Å². The molecule has 0 spiro atoms. The molecule has 0 unspecified atom stereocenters. The Morgan fingerprint density at radius 1 is 0.931 bits per heavy atom. The Kier molecular flexibility index (Phi) is 9.17. The van der Waals surface area contributed by atoms with Crippen molar-refractivity contribution in [2.45, 2.75) is 55.1 Å². The lowest BCUT2D eigenvalue weighted by Crippen LogP contribution is -2.61. The molecule has 0 aromatic heterocycles. The molecule has 1 fully saturated rings. The summed E-state index contributed by atoms with van der Waals surface area (Å²) in [6, 6.07) is 8.82. The minimum absolute atomic E-state index is 0.127. The third-order valence-corrected chi connectivity index (χ3v) is 4.73. The van der Waals surface area contributed by atoms with Crippen molar-refractivity contribution < 1.29 is 50.3 Å². The Bertz CT molecular complexity index is 591. The van der Waals surface area contributed by atoms with Crippen LogP contribution < -0.4 is 5.32 Å². The number of rotatable bonds is 10. The topological polar surface area (TPSA) is 192 Å². The zero-order valence-corrected chi connectivity index (χ0v) is 15.6. The molecular formula is C18H29NO10. The van der Waals surface area contributed by atoms with Crippen LogP contribution in [0.3, 0.4) is 0 Å². The average molecular weight is 419 g/mol. The molecular weight excluding hydrogens is 390 g/mol. The summed E-state index contributed by atoms with van der Waals surface area (Å²) < 4.78 is 10.5. The van der Waals surface area contributed by atoms with Gasteiger partial charge in [-0.05, 0) is 12.1 Å². The fourth-order valence-corrected chi connectivity index (χ4v) is 2.96. The quantitative estimate of drug-likeness (QED) is 0.182. The molecule has 29 heavy (non-hydrogen) atoms. The van der Waals surface area contributed by atoms with Gasteiger partial charge in [-0.3, -0.25) is 0 Å². The van der Waals surface area contributed by atoms with Crippen molar-refractivity contribution >= 4 is 5.69 Å². The van der Waals surface area contributed by atoms with Crippen LogP contribution in [0.1, 0.15) is 0 Å². The summed E-state index contributed by atoms with van der Waals surface area (Å²) in [6.07, 6.45) is -14.5. The van der Waals surface area contributed by atoms with Gasteiger partial charge in [0.05, 0.1) is 19.3 Å². The molecule has 0 aliphatic carbocycles. The van der Waals surface area contributed by atoms with Gasteiger partial charge in [-0.25, -0.2) is 0 Å². The molecule has 0 saturated carbocycles. The number of hydrogen-bond acceptors (Lipinski definition) is 11. The van der Waals surface area contributed by atoms with Gasteiger partial charge in [-0.1, -0.05) is 18.2 Å². The van der Waals surface area contributed by atoms with Gasteiger partial charge < -0.3 is 55.6 Å². The second kappa shape index (κ2) is 11.1. The van der Waals surface area contributed by atoms with E-state index in [0.717, 1.165) is 0 Å². The summed E-state index contributed by atoms with van der Waals surface area (Å²) >= 11 is 0. The van der Waals surface area contributed by atoms with E-state index in [0.29, 0.717) is 5.69 Å². The van der Waals surface area contributed by atoms with Crippen LogP contribution in [-0.4, -0.2) is 116 Å². The third-order valence-electron chi connectivity index (χ3n) is 4.73. The lowest BCUT2D eigenvalue weighted by molar-refractivity contribution is -0.326. The molecule has 0 radical (unpaired) electrons. The average Bonchev–Trinajstić information content (AvgIpc) is 2.75. The zero-order valence-electron chi connectivity index (χ0n) is 15.6. The monoisotopic (exact) mass is 419 g/mol. The number of hydrogen-bond donors (Lipinski definition) is 9. The molecule has 11 nitrogen and oxygen atoms in total. The Morgan fingerprint density at radius 3 is 2.17 bits per heavy atom. The van der Waals surface area contributed by atoms with E-state index < -0.39 is 68.3 Å². The van der Waals surface area contributed by atoms with Crippen molar-refractivity contribution in [1.82, 2.24) is 0 Å². The molecule has 1 saturated heterocycles. The van der Waals surface area contributed by atoms with Crippen LogP contribution in [0.4, 0.5) is 5.69 Å². The second-order valence-corrected chi connectivity index (χ2v) is 6.85. The maximum absolute atomic E-state index is 10.4. The molecule has 1 aliphatic rings. The number of para-hydroxylation sites is 1. The predicted octanol–water partition coefficient (Wildman–Crippen LogP) is -3.64. The number of aliphatic hydroxyl groups is 8. The van der Waals surface area contributed by atoms with E-state index >= 15 is 0 Å². The van der Waals surface area contributed by atoms with Crippen molar-refractivity contribution in [3.8, 4) is 0 Å². The molecule has 9 N–H and O–H groups in total. The number of anilines is 1. The van der Waals surface area contributed by atoms with Gasteiger partial charge >= 0.3 is 0 Å². The van der Waals surface area contributed by atoms with Crippen LogP contribution in [0.25, 0.3) is 0 Å². The van der Waals surface area contributed by atoms with E-state index in [2.05, 4.69) is 5.32 Å². The summed E-state index contributed by atoms with van der Waals surface area (Å²) in [7, 11) is 0. The highest BCUT2D eigenvalue weighted by atomic mass is 16.7. The van der Waals surface area contributed by atoms with Crippen molar-refractivity contribution in [2.75, 3.05) is 25.1 Å². The first-order chi connectivity index (χ1) is 13.8. The molecule has 0 bridgehead atoms. The van der Waals surface area contributed by atoms with Crippen LogP contribution in [-0.2, 0) is 9.47 Å². The number of aliphatic hydroxyl groups excluding tert-OH is 8. The van der Waals surface area contributed by atoms with Crippen molar-refractivity contribution in [3.63, 3.8) is 0 Å². The maximum atomic E-state index is 10.4. The van der Waals surface area contributed by atoms with Crippen molar-refractivity contribution in [3.05, 3.63) is 30.3 Å². The van der Waals surface area contributed by atoms with Crippen LogP contribution in [0.2, 0.25) is 0 Å². The lowest BCUT2D eigenvalue weighted by atomic mass is 9.98. The van der Waals surface area contributed by atoms with Gasteiger partial charge in [0.2, 0.25) is 0 Å². The molecule has 11 heteroatoms. The van der Waals surface area contributed by atoms with Crippen LogP contribution in [0, 0.1) is 0 Å². The van der Waals surface area contributed by atoms with Gasteiger partial charge in [0.15, 0.2) is 6.29 Å². The Hall–Kier alpha value is -1.38. The molecule has 1 aliphatic heterocycles. The van der Waals surface area contributed by atoms with Crippen molar-refractivity contribution in [2.24, 2.45) is 0 Å². The standard InChI is InChI=1S/C18H29NO10/c20-7-11(23)17(13(24)10(22)6-19-9-4-2-1-3-5-9)29-18-16(27)15(26)14(25)12(8-21)28-18/h1-5,10-27H,6-8H2/t10-,11+,12+,13+,14-,15-,16+,17+,18-/m0/s1. The van der Waals surface area contributed by atoms with Gasteiger partial charge in [0.1, 0.15) is 42.7 Å². The highest BCUT2D eigenvalue weighted by molar-refractivity contribution is 5.42. The van der Waals surface area contributed by atoms with E-state index in [-0.39, 0.29) is 6.54 Å². The minimum atomic E-state index is -1.77. The van der Waals surface area contributed by atoms with Crippen LogP contribution >= 0.6 is 0 Å². The first-order valence-corrected chi connectivity index (χ1v) is 9.20. The van der Waals surface area contributed by atoms with Gasteiger partial charge in [-0.2, -0.15) is 0 Å². The van der Waals surface area contributed by atoms with Gasteiger partial charge in [0.25, 0.3) is 0 Å². The normalized spacial score (nSPS) is 31.7. The largest absolute Gasteiger partial charge is 0.394 e. The second-order valence-electron chi connectivity index (χ2n) is 6.85. The zero-order chi connectivity index (χ0) is 21.6. The molecule has 9 atom stereocenters. The minimum Gasteiger partial charge on any atom is -0.394 e. The SMILES string of the molecule is OC[C@@H](O)[C@@H](O[C@@H]1O[C@H](CO)[C@H](O)[C@H](O)[C@H]1O)[C@H](O)[C@@H](O)CNc1ccccc1. The fraction of sp³-hybridized carbons (Fsp3) is 0.667. The third kappa shape index (κ3) is 6.06.